The predicted octanol–water partition coefficient (Wildman–Crippen LogP) is 0.158. The van der Waals surface area contributed by atoms with Crippen LogP contribution in [0.5, 0.6) is 0 Å². The molecule has 3 rings (SSSR count). The average Bonchev–Trinajstić information content (AvgIpc) is 2.99. The zero-order valence-corrected chi connectivity index (χ0v) is 10.9. The molecule has 6 nitrogen and oxygen atoms in total. The molecule has 0 amide bonds. The minimum absolute atomic E-state index is 0.144. The second-order valence-corrected chi connectivity index (χ2v) is 7.17. The largest absolute Gasteiger partial charge is 0.327 e. The first-order chi connectivity index (χ1) is 8.59. The highest BCUT2D eigenvalue weighted by Crippen LogP contribution is 2.37. The van der Waals surface area contributed by atoms with Gasteiger partial charge in [0.25, 0.3) is 10.0 Å². The summed E-state index contributed by atoms with van der Waals surface area (Å²) in [4.78, 5) is 0. The van der Waals surface area contributed by atoms with Gasteiger partial charge in [-0.1, -0.05) is 6.42 Å². The maximum atomic E-state index is 12.4. The van der Waals surface area contributed by atoms with E-state index in [0.717, 1.165) is 19.3 Å². The zero-order valence-electron chi connectivity index (χ0n) is 10.1. The van der Waals surface area contributed by atoms with Gasteiger partial charge in [-0.15, -0.1) is 0 Å². The Kier molecular flexibility index (Phi) is 2.91. The number of sulfonamides is 1. The smallest absolute Gasteiger partial charge is 0.259 e. The molecule has 3 atom stereocenters. The second kappa shape index (κ2) is 4.32. The van der Waals surface area contributed by atoms with E-state index in [-0.39, 0.29) is 11.1 Å². The van der Waals surface area contributed by atoms with Crippen LogP contribution in [0.1, 0.15) is 19.3 Å². The van der Waals surface area contributed by atoms with Crippen LogP contribution in [-0.4, -0.2) is 42.1 Å². The summed E-state index contributed by atoms with van der Waals surface area (Å²) >= 11 is 0. The minimum atomic E-state index is -3.42. The first-order valence-corrected chi connectivity index (χ1v) is 7.78. The number of hydrogen-bond acceptors (Lipinski definition) is 4. The Morgan fingerprint density at radius 2 is 2.22 bits per heavy atom. The van der Waals surface area contributed by atoms with Crippen molar-refractivity contribution in [3.63, 3.8) is 0 Å². The highest BCUT2D eigenvalue weighted by atomic mass is 32.2. The van der Waals surface area contributed by atoms with Gasteiger partial charge in [-0.05, 0) is 30.7 Å². The van der Waals surface area contributed by atoms with Crippen molar-refractivity contribution >= 4 is 10.0 Å². The van der Waals surface area contributed by atoms with Gasteiger partial charge >= 0.3 is 0 Å². The van der Waals surface area contributed by atoms with Gasteiger partial charge < -0.3 is 5.73 Å². The van der Waals surface area contributed by atoms with Gasteiger partial charge in [0, 0.05) is 19.1 Å². The summed E-state index contributed by atoms with van der Waals surface area (Å²) in [6, 6.07) is 1.64. The number of nitrogens with two attached hydrogens (primary N) is 1. The Balaban J connectivity index is 1.83. The molecular weight excluding hydrogens is 252 g/mol. The molecule has 3 N–H and O–H groups in total. The number of nitrogens with one attached hydrogen (secondary N) is 1. The molecule has 1 aromatic rings. The van der Waals surface area contributed by atoms with E-state index in [2.05, 4.69) is 10.2 Å². The van der Waals surface area contributed by atoms with Gasteiger partial charge in [-0.2, -0.15) is 9.40 Å². The number of rotatable bonds is 2. The van der Waals surface area contributed by atoms with Gasteiger partial charge in [-0.3, -0.25) is 5.10 Å². The fourth-order valence-corrected chi connectivity index (χ4v) is 4.63. The molecule has 1 saturated heterocycles. The first kappa shape index (κ1) is 12.1. The molecule has 0 spiro atoms. The Morgan fingerprint density at radius 1 is 1.39 bits per heavy atom. The van der Waals surface area contributed by atoms with Crippen LogP contribution in [0.2, 0.25) is 0 Å². The first-order valence-electron chi connectivity index (χ1n) is 6.34. The topological polar surface area (TPSA) is 92.1 Å². The maximum absolute atomic E-state index is 12.4. The van der Waals surface area contributed by atoms with E-state index in [4.69, 9.17) is 5.73 Å². The molecule has 1 aliphatic carbocycles. The fraction of sp³-hybridized carbons (Fsp3) is 0.727. The average molecular weight is 270 g/mol. The lowest BCUT2D eigenvalue weighted by molar-refractivity contribution is 0.260. The van der Waals surface area contributed by atoms with Gasteiger partial charge in [0.05, 0.1) is 6.20 Å². The van der Waals surface area contributed by atoms with Crippen molar-refractivity contribution in [3.05, 3.63) is 12.3 Å². The van der Waals surface area contributed by atoms with Gasteiger partial charge in [0.15, 0.2) is 5.03 Å². The van der Waals surface area contributed by atoms with Crippen molar-refractivity contribution in [2.75, 3.05) is 13.1 Å². The highest BCUT2D eigenvalue weighted by Gasteiger charge is 2.43. The summed E-state index contributed by atoms with van der Waals surface area (Å²) in [5.74, 6) is 0.739. The van der Waals surface area contributed by atoms with Crippen molar-refractivity contribution in [1.29, 1.82) is 0 Å². The van der Waals surface area contributed by atoms with Crippen LogP contribution in [0.25, 0.3) is 0 Å². The van der Waals surface area contributed by atoms with E-state index in [9.17, 15) is 8.42 Å². The lowest BCUT2D eigenvalue weighted by atomic mass is 9.78. The second-order valence-electron chi connectivity index (χ2n) is 5.26. The van der Waals surface area contributed by atoms with Crippen molar-refractivity contribution < 1.29 is 8.42 Å². The molecule has 0 radical (unpaired) electrons. The van der Waals surface area contributed by atoms with Crippen molar-refractivity contribution in [2.24, 2.45) is 17.6 Å². The van der Waals surface area contributed by atoms with Crippen LogP contribution in [-0.2, 0) is 10.0 Å². The van der Waals surface area contributed by atoms with Crippen LogP contribution in [0, 0.1) is 11.8 Å². The number of nitrogens with zero attached hydrogens (tertiary/aromatic N) is 2. The standard InChI is InChI=1S/C11H18N4O2S/c12-10-3-1-2-8-6-15(7-9(8)10)18(16,17)11-4-5-13-14-11/h4-5,8-10H,1-3,6-7,12H2,(H,13,14). The number of aromatic amines is 1. The summed E-state index contributed by atoms with van der Waals surface area (Å²) < 4.78 is 26.3. The summed E-state index contributed by atoms with van der Waals surface area (Å²) in [5, 5.41) is 6.42. The number of aromatic nitrogens is 2. The van der Waals surface area contributed by atoms with E-state index in [0.29, 0.717) is 24.9 Å². The third-order valence-corrected chi connectivity index (χ3v) is 5.97. The molecule has 2 heterocycles. The van der Waals surface area contributed by atoms with Crippen LogP contribution in [0.3, 0.4) is 0 Å². The molecule has 2 aliphatic rings. The molecule has 0 aromatic carbocycles. The van der Waals surface area contributed by atoms with Crippen molar-refractivity contribution in [2.45, 2.75) is 30.3 Å². The summed E-state index contributed by atoms with van der Waals surface area (Å²) in [6.45, 7) is 1.15. The molecule has 0 bridgehead atoms. The molecule has 1 saturated carbocycles. The van der Waals surface area contributed by atoms with Gasteiger partial charge in [0.1, 0.15) is 0 Å². The quantitative estimate of drug-likeness (QED) is 0.800. The molecule has 3 unspecified atom stereocenters. The van der Waals surface area contributed by atoms with Gasteiger partial charge in [0.2, 0.25) is 0 Å². The van der Waals surface area contributed by atoms with Crippen LogP contribution in [0.4, 0.5) is 0 Å². The summed E-state index contributed by atoms with van der Waals surface area (Å²) in [5.41, 5.74) is 6.10. The molecule has 1 aliphatic heterocycles. The Morgan fingerprint density at radius 3 is 2.89 bits per heavy atom. The summed E-state index contributed by atoms with van der Waals surface area (Å²) in [6.07, 6.45) is 4.68. The van der Waals surface area contributed by atoms with Crippen LogP contribution in [0.15, 0.2) is 17.3 Å². The van der Waals surface area contributed by atoms with E-state index in [1.807, 2.05) is 0 Å². The van der Waals surface area contributed by atoms with E-state index in [1.165, 1.54) is 12.3 Å². The molecule has 1 aromatic heterocycles. The minimum Gasteiger partial charge on any atom is -0.327 e. The van der Waals surface area contributed by atoms with E-state index in [1.54, 1.807) is 4.31 Å². The number of hydrogen-bond donors (Lipinski definition) is 2. The van der Waals surface area contributed by atoms with Crippen molar-refractivity contribution in [3.8, 4) is 0 Å². The SMILES string of the molecule is NC1CCCC2CN(S(=O)(=O)c3ccn[nH]3)CC12. The molecule has 100 valence electrons. The van der Waals surface area contributed by atoms with E-state index < -0.39 is 10.0 Å². The monoisotopic (exact) mass is 270 g/mol. The van der Waals surface area contributed by atoms with E-state index >= 15 is 0 Å². The summed E-state index contributed by atoms with van der Waals surface area (Å²) in [7, 11) is -3.42. The Bertz CT molecular complexity index is 513. The Labute approximate surface area is 107 Å². The third kappa shape index (κ3) is 1.86. The number of H-pyrrole nitrogens is 1. The van der Waals surface area contributed by atoms with Crippen LogP contribution >= 0.6 is 0 Å². The third-order valence-electron chi connectivity index (χ3n) is 4.21. The fourth-order valence-electron chi connectivity index (χ4n) is 3.20. The normalized spacial score (nSPS) is 33.5. The predicted molar refractivity (Wildman–Crippen MR) is 66.2 cm³/mol. The lowest BCUT2D eigenvalue weighted by Crippen LogP contribution is -2.38. The molecular formula is C11H18N4O2S. The molecule has 2 fully saturated rings. The lowest BCUT2D eigenvalue weighted by Gasteiger charge is -2.29. The Hall–Kier alpha value is -0.920. The molecule has 7 heteroatoms. The zero-order chi connectivity index (χ0) is 12.8. The van der Waals surface area contributed by atoms with Crippen LogP contribution < -0.4 is 5.73 Å². The van der Waals surface area contributed by atoms with Crippen molar-refractivity contribution in [1.82, 2.24) is 14.5 Å². The highest BCUT2D eigenvalue weighted by molar-refractivity contribution is 7.89. The number of fused-ring (bicyclic) bond motifs is 1. The maximum Gasteiger partial charge on any atom is 0.259 e. The molecule has 18 heavy (non-hydrogen) atoms. The van der Waals surface area contributed by atoms with Gasteiger partial charge in [-0.25, -0.2) is 8.42 Å².